The van der Waals surface area contributed by atoms with Gasteiger partial charge in [-0.3, -0.25) is 14.4 Å². The van der Waals surface area contributed by atoms with E-state index in [-0.39, 0.29) is 69.6 Å². The summed E-state index contributed by atoms with van der Waals surface area (Å²) >= 11 is 0. The Morgan fingerprint density at radius 3 is 2.22 bits per heavy atom. The molecule has 1 aromatic heterocycles. The van der Waals surface area contributed by atoms with Crippen LogP contribution >= 0.6 is 0 Å². The van der Waals surface area contributed by atoms with Crippen LogP contribution in [0, 0.1) is 73.9 Å². The number of benzene rings is 2. The number of fused-ring (bicyclic) bond motifs is 8. The number of imidazole rings is 1. The highest BCUT2D eigenvalue weighted by atomic mass is 16.5. The van der Waals surface area contributed by atoms with E-state index in [1.54, 1.807) is 0 Å². The number of aromatic nitrogens is 2. The molecule has 1 saturated heterocycles. The van der Waals surface area contributed by atoms with Gasteiger partial charge in [0.1, 0.15) is 18.5 Å². The lowest BCUT2D eigenvalue weighted by Gasteiger charge is -2.73. The largest absolute Gasteiger partial charge is 0.462 e. The lowest BCUT2D eigenvalue weighted by molar-refractivity contribution is -0.251. The van der Waals surface area contributed by atoms with Gasteiger partial charge in [-0.15, -0.1) is 0 Å². The van der Waals surface area contributed by atoms with E-state index in [1.165, 1.54) is 23.9 Å². The predicted octanol–water partition coefficient (Wildman–Crippen LogP) is 12.2. The molecule has 1 aliphatic heterocycles. The van der Waals surface area contributed by atoms with Gasteiger partial charge in [-0.05, 0) is 173 Å². The second-order valence-electron chi connectivity index (χ2n) is 26.0. The molecule has 7 aliphatic rings. The number of likely N-dealkylation sites (tertiary alicyclic amines) is 1. The van der Waals surface area contributed by atoms with Crippen molar-refractivity contribution < 1.29 is 23.9 Å². The topological polar surface area (TPSA) is 94.0 Å². The first-order chi connectivity index (χ1) is 32.7. The molecule has 0 radical (unpaired) electrons. The Morgan fingerprint density at radius 2 is 1.49 bits per heavy atom. The fourth-order valence-corrected chi connectivity index (χ4v) is 17.9. The number of hydrogen-bond acceptors (Lipinski definition) is 7. The van der Waals surface area contributed by atoms with Gasteiger partial charge in [0.15, 0.2) is 0 Å². The summed E-state index contributed by atoms with van der Waals surface area (Å²) < 4.78 is 14.8. The lowest BCUT2D eigenvalue weighted by Crippen LogP contribution is -2.67. The molecule has 0 bridgehead atoms. The standard InChI is InChI=1S/C60H84N4O5/c1-38(2)40-25-30-60(54(67)64-33-17-22-46(64)51-61-44-20-15-16-21-45(44)63(51)35-34-62(10)11)32-31-58(8)41(50(40)60)23-24-48-57(7)28-27-49(56(5,6)47(57)26-29-59(48,58)9)69-53(66)43-36-42(55(43,3)4)52(65)68-37-39-18-13-12-14-19-39/h12-16,18-21,40-43,46-50H,1,17,22-37H2,2-11H3/t40-,41+,42-,43+,46-,47-,48+,49-,50+,57-,58+,59+,60-/m0/s1. The zero-order valence-corrected chi connectivity index (χ0v) is 44.0. The van der Waals surface area contributed by atoms with Crippen molar-refractivity contribution in [2.75, 3.05) is 27.2 Å². The fourth-order valence-electron chi connectivity index (χ4n) is 17.9. The number of likely N-dealkylation sites (N-methyl/N-ethyl adjacent to an activating group) is 1. The first-order valence-corrected chi connectivity index (χ1v) is 27.2. The van der Waals surface area contributed by atoms with Crippen LogP contribution in [0.15, 0.2) is 66.7 Å². The van der Waals surface area contributed by atoms with Crippen molar-refractivity contribution in [3.05, 3.63) is 78.1 Å². The van der Waals surface area contributed by atoms with E-state index < -0.39 is 5.41 Å². The SMILES string of the molecule is C=C(C)[C@@H]1CC[C@]2(C(=O)N3CCC[C@H]3c3nc4ccccc4n3CCN(C)C)CC[C@]3(C)[C@H](CC[C@@H]4[C@@]5(C)CC[C@H](OC(=O)[C@H]6C[C@@H](C(=O)OCc7ccccc7)C6(C)C)C(C)(C)[C@@H]5CC[C@]43C)[C@@H]12. The molecule has 0 N–H and O–H groups in total. The van der Waals surface area contributed by atoms with Crippen molar-refractivity contribution in [2.45, 2.75) is 164 Å². The number of ether oxygens (including phenoxy) is 2. The van der Waals surface area contributed by atoms with Gasteiger partial charge >= 0.3 is 11.9 Å². The van der Waals surface area contributed by atoms with E-state index in [1.807, 2.05) is 44.2 Å². The molecule has 1 amide bonds. The van der Waals surface area contributed by atoms with Gasteiger partial charge in [-0.1, -0.05) is 103 Å². The summed E-state index contributed by atoms with van der Waals surface area (Å²) in [4.78, 5) is 53.2. The Bertz CT molecular complexity index is 2480. The highest BCUT2D eigenvalue weighted by molar-refractivity contribution is 5.85. The first-order valence-electron chi connectivity index (χ1n) is 27.2. The van der Waals surface area contributed by atoms with E-state index >= 15 is 4.79 Å². The predicted molar refractivity (Wildman–Crippen MR) is 272 cm³/mol. The van der Waals surface area contributed by atoms with Crippen LogP contribution in [0.25, 0.3) is 11.0 Å². The van der Waals surface area contributed by atoms with Crippen LogP contribution in [0.1, 0.15) is 156 Å². The average molecular weight is 941 g/mol. The molecule has 6 saturated carbocycles. The van der Waals surface area contributed by atoms with Crippen molar-refractivity contribution in [3.63, 3.8) is 0 Å². The van der Waals surface area contributed by atoms with Gasteiger partial charge in [-0.2, -0.15) is 0 Å². The van der Waals surface area contributed by atoms with Crippen molar-refractivity contribution in [1.29, 1.82) is 0 Å². The number of esters is 2. The third-order valence-electron chi connectivity index (χ3n) is 22.0. The van der Waals surface area contributed by atoms with Crippen LogP contribution in [-0.4, -0.2) is 70.5 Å². The maximum Gasteiger partial charge on any atom is 0.309 e. The minimum atomic E-state index is -0.524. The maximum absolute atomic E-state index is 15.9. The zero-order valence-electron chi connectivity index (χ0n) is 44.0. The second kappa shape index (κ2) is 17.4. The molecule has 0 spiro atoms. The molecule has 7 fully saturated rings. The molecule has 13 atom stereocenters. The van der Waals surface area contributed by atoms with Gasteiger partial charge in [0.25, 0.3) is 0 Å². The van der Waals surface area contributed by atoms with Crippen LogP contribution in [-0.2, 0) is 37.0 Å². The Kier molecular flexibility index (Phi) is 12.2. The van der Waals surface area contributed by atoms with E-state index in [9.17, 15) is 9.59 Å². The molecule has 10 rings (SSSR count). The van der Waals surface area contributed by atoms with Gasteiger partial charge < -0.3 is 23.8 Å². The second-order valence-corrected chi connectivity index (χ2v) is 26.0. The number of amides is 1. The van der Waals surface area contributed by atoms with Crippen molar-refractivity contribution in [1.82, 2.24) is 19.4 Å². The lowest BCUT2D eigenvalue weighted by atomic mass is 9.32. The highest BCUT2D eigenvalue weighted by Crippen LogP contribution is 2.78. The molecular weight excluding hydrogens is 857 g/mol. The van der Waals surface area contributed by atoms with Crippen molar-refractivity contribution in [3.8, 4) is 0 Å². The first kappa shape index (κ1) is 48.6. The molecule has 2 aromatic carbocycles. The van der Waals surface area contributed by atoms with Crippen LogP contribution in [0.2, 0.25) is 0 Å². The maximum atomic E-state index is 15.9. The quantitative estimate of drug-likeness (QED) is 0.140. The van der Waals surface area contributed by atoms with E-state index in [2.05, 4.69) is 101 Å². The number of rotatable bonds is 11. The zero-order chi connectivity index (χ0) is 49.1. The molecule has 0 unspecified atom stereocenters. The summed E-state index contributed by atoms with van der Waals surface area (Å²) in [5.41, 5.74) is 3.68. The number of allylic oxidation sites excluding steroid dienone is 1. The molecule has 9 nitrogen and oxygen atoms in total. The Morgan fingerprint density at radius 1 is 0.768 bits per heavy atom. The van der Waals surface area contributed by atoms with E-state index in [4.69, 9.17) is 14.5 Å². The normalized spacial score (nSPS) is 38.6. The number of para-hydroxylation sites is 2. The van der Waals surface area contributed by atoms with E-state index in [0.717, 1.165) is 101 Å². The molecule has 9 heteroatoms. The Balaban J connectivity index is 0.864. The van der Waals surface area contributed by atoms with Gasteiger partial charge in [0, 0.05) is 25.0 Å². The summed E-state index contributed by atoms with van der Waals surface area (Å²) in [5, 5.41) is 0. The third kappa shape index (κ3) is 7.43. The smallest absolute Gasteiger partial charge is 0.309 e. The minimum absolute atomic E-state index is 0.00777. The number of carbonyl (C=O) groups is 3. The highest BCUT2D eigenvalue weighted by Gasteiger charge is 2.73. The van der Waals surface area contributed by atoms with Gasteiger partial charge in [0.05, 0.1) is 34.3 Å². The summed E-state index contributed by atoms with van der Waals surface area (Å²) in [7, 11) is 4.26. The molecule has 6 aliphatic carbocycles. The fraction of sp³-hybridized carbons (Fsp3) is 0.700. The van der Waals surface area contributed by atoms with Crippen molar-refractivity contribution in [2.24, 2.45) is 73.9 Å². The summed E-state index contributed by atoms with van der Waals surface area (Å²) in [6.07, 6.45) is 12.9. The van der Waals surface area contributed by atoms with E-state index in [0.29, 0.717) is 41.9 Å². The third-order valence-corrected chi connectivity index (χ3v) is 22.0. The Labute approximate surface area is 413 Å². The van der Waals surface area contributed by atoms with Crippen LogP contribution < -0.4 is 0 Å². The molecule has 2 heterocycles. The number of carbonyl (C=O) groups excluding carboxylic acids is 3. The monoisotopic (exact) mass is 941 g/mol. The minimum Gasteiger partial charge on any atom is -0.462 e. The number of nitrogens with zero attached hydrogens (tertiary/aromatic N) is 4. The summed E-state index contributed by atoms with van der Waals surface area (Å²) in [5.74, 6) is 2.56. The molecular formula is C60H84N4O5. The number of hydrogen-bond donors (Lipinski definition) is 0. The average Bonchev–Trinajstić information content (AvgIpc) is 4.05. The summed E-state index contributed by atoms with van der Waals surface area (Å²) in [6.45, 7) is 26.6. The Hall–Kier alpha value is -3.98. The molecule has 3 aromatic rings. The summed E-state index contributed by atoms with van der Waals surface area (Å²) in [6, 6.07) is 18.3. The van der Waals surface area contributed by atoms with Crippen LogP contribution in [0.3, 0.4) is 0 Å². The van der Waals surface area contributed by atoms with Gasteiger partial charge in [0.2, 0.25) is 5.91 Å². The van der Waals surface area contributed by atoms with Crippen molar-refractivity contribution >= 4 is 28.9 Å². The molecule has 69 heavy (non-hydrogen) atoms. The van der Waals surface area contributed by atoms with Crippen LogP contribution in [0.5, 0.6) is 0 Å². The molecule has 374 valence electrons. The van der Waals surface area contributed by atoms with Crippen LogP contribution in [0.4, 0.5) is 0 Å². The van der Waals surface area contributed by atoms with Gasteiger partial charge in [-0.25, -0.2) is 4.98 Å².